The highest BCUT2D eigenvalue weighted by molar-refractivity contribution is 5.83. The first kappa shape index (κ1) is 14.4. The second kappa shape index (κ2) is 7.63. The van der Waals surface area contributed by atoms with E-state index in [-0.39, 0.29) is 24.9 Å². The number of carbonyl (C=O) groups is 2. The van der Waals surface area contributed by atoms with Crippen LogP contribution in [0.4, 0.5) is 0 Å². The number of ether oxygens (including phenoxy) is 1. The number of nitriles is 1. The van der Waals surface area contributed by atoms with E-state index in [2.05, 4.69) is 10.6 Å². The zero-order chi connectivity index (χ0) is 13.4. The Labute approximate surface area is 106 Å². The van der Waals surface area contributed by atoms with E-state index in [0.29, 0.717) is 26.3 Å². The van der Waals surface area contributed by atoms with Crippen molar-refractivity contribution in [3.05, 3.63) is 0 Å². The smallest absolute Gasteiger partial charge is 0.239 e. The van der Waals surface area contributed by atoms with E-state index in [1.165, 1.54) is 0 Å². The number of amides is 2. The molecule has 0 bridgehead atoms. The number of nitrogens with one attached hydrogen (secondary N) is 2. The van der Waals surface area contributed by atoms with Gasteiger partial charge in [-0.15, -0.1) is 0 Å². The van der Waals surface area contributed by atoms with Crippen LogP contribution in [0.5, 0.6) is 0 Å². The molecule has 1 fully saturated rings. The minimum atomic E-state index is -0.420. The van der Waals surface area contributed by atoms with E-state index in [9.17, 15) is 9.59 Å². The van der Waals surface area contributed by atoms with Crippen LogP contribution in [0.15, 0.2) is 0 Å². The Kier molecular flexibility index (Phi) is 6.11. The Morgan fingerprint density at radius 3 is 2.72 bits per heavy atom. The van der Waals surface area contributed by atoms with E-state index in [0.717, 1.165) is 0 Å². The van der Waals surface area contributed by atoms with Crippen molar-refractivity contribution in [2.75, 3.05) is 39.4 Å². The fourth-order valence-corrected chi connectivity index (χ4v) is 1.59. The Hall–Kier alpha value is -1.65. The number of carbonyl (C=O) groups excluding carboxylic acids is 2. The molecule has 18 heavy (non-hydrogen) atoms. The van der Waals surface area contributed by atoms with Gasteiger partial charge in [-0.3, -0.25) is 14.9 Å². The normalized spacial score (nSPS) is 16.8. The standard InChI is InChI=1S/C11H18N4O3/c1-9(14-8-10(16)13-3-2-12)11(17)15-4-6-18-7-5-15/h9,14H,3-8H2,1H3,(H,13,16). The number of hydrogen-bond donors (Lipinski definition) is 2. The van der Waals surface area contributed by atoms with E-state index in [4.69, 9.17) is 10.00 Å². The van der Waals surface area contributed by atoms with Gasteiger partial charge in [0.1, 0.15) is 6.54 Å². The second-order valence-corrected chi connectivity index (χ2v) is 3.98. The van der Waals surface area contributed by atoms with Gasteiger partial charge in [0.15, 0.2) is 0 Å². The van der Waals surface area contributed by atoms with Crippen LogP contribution >= 0.6 is 0 Å². The van der Waals surface area contributed by atoms with Gasteiger partial charge in [-0.2, -0.15) is 5.26 Å². The fraction of sp³-hybridized carbons (Fsp3) is 0.727. The Bertz CT molecular complexity index is 334. The molecular formula is C11H18N4O3. The van der Waals surface area contributed by atoms with Gasteiger partial charge in [0, 0.05) is 13.1 Å². The molecule has 1 atom stereocenters. The summed E-state index contributed by atoms with van der Waals surface area (Å²) in [7, 11) is 0. The molecule has 2 amide bonds. The van der Waals surface area contributed by atoms with Crippen molar-refractivity contribution in [1.82, 2.24) is 15.5 Å². The molecule has 1 unspecified atom stereocenters. The fourth-order valence-electron chi connectivity index (χ4n) is 1.59. The molecule has 0 aliphatic carbocycles. The van der Waals surface area contributed by atoms with E-state index in [1.54, 1.807) is 11.8 Å². The SMILES string of the molecule is CC(NCC(=O)NCC#N)C(=O)N1CCOCC1. The minimum absolute atomic E-state index is 0.0215. The zero-order valence-corrected chi connectivity index (χ0v) is 10.4. The summed E-state index contributed by atoms with van der Waals surface area (Å²) in [5, 5.41) is 13.5. The van der Waals surface area contributed by atoms with Gasteiger partial charge < -0.3 is 15.0 Å². The third-order valence-corrected chi connectivity index (χ3v) is 2.63. The number of rotatable bonds is 5. The maximum absolute atomic E-state index is 11.9. The summed E-state index contributed by atoms with van der Waals surface area (Å²) in [5.74, 6) is -0.329. The van der Waals surface area contributed by atoms with Gasteiger partial charge in [-0.05, 0) is 6.92 Å². The summed E-state index contributed by atoms with van der Waals surface area (Å²) in [4.78, 5) is 24.9. The molecule has 0 aromatic heterocycles. The largest absolute Gasteiger partial charge is 0.378 e. The van der Waals surface area contributed by atoms with E-state index in [1.807, 2.05) is 6.07 Å². The molecule has 7 nitrogen and oxygen atoms in total. The van der Waals surface area contributed by atoms with Crippen LogP contribution in [0.3, 0.4) is 0 Å². The van der Waals surface area contributed by atoms with Crippen molar-refractivity contribution in [2.24, 2.45) is 0 Å². The van der Waals surface area contributed by atoms with Gasteiger partial charge in [0.05, 0.1) is 31.9 Å². The summed E-state index contributed by atoms with van der Waals surface area (Å²) in [6.07, 6.45) is 0. The molecule has 2 N–H and O–H groups in total. The molecule has 100 valence electrons. The topological polar surface area (TPSA) is 94.5 Å². The highest BCUT2D eigenvalue weighted by Crippen LogP contribution is 2.00. The average molecular weight is 254 g/mol. The molecule has 0 spiro atoms. The second-order valence-electron chi connectivity index (χ2n) is 3.98. The number of hydrogen-bond acceptors (Lipinski definition) is 5. The highest BCUT2D eigenvalue weighted by Gasteiger charge is 2.22. The lowest BCUT2D eigenvalue weighted by Crippen LogP contribution is -2.50. The molecule has 0 radical (unpaired) electrons. The molecule has 0 aromatic rings. The van der Waals surface area contributed by atoms with Gasteiger partial charge in [0.25, 0.3) is 0 Å². The predicted octanol–water partition coefficient (Wildman–Crippen LogP) is -1.54. The first-order valence-electron chi connectivity index (χ1n) is 5.88. The summed E-state index contributed by atoms with van der Waals surface area (Å²) in [6, 6.07) is 1.39. The van der Waals surface area contributed by atoms with Gasteiger partial charge >= 0.3 is 0 Å². The molecule has 7 heteroatoms. The van der Waals surface area contributed by atoms with Crippen molar-refractivity contribution >= 4 is 11.8 Å². The van der Waals surface area contributed by atoms with Crippen LogP contribution < -0.4 is 10.6 Å². The summed E-state index contributed by atoms with van der Waals surface area (Å²) in [6.45, 7) is 4.01. The zero-order valence-electron chi connectivity index (χ0n) is 10.4. The van der Waals surface area contributed by atoms with Crippen LogP contribution in [0, 0.1) is 11.3 Å². The number of morpholine rings is 1. The van der Waals surface area contributed by atoms with Crippen LogP contribution in [0.25, 0.3) is 0 Å². The number of nitrogens with zero attached hydrogens (tertiary/aromatic N) is 2. The molecule has 0 aromatic carbocycles. The van der Waals surface area contributed by atoms with Gasteiger partial charge in [-0.25, -0.2) is 0 Å². The van der Waals surface area contributed by atoms with Crippen LogP contribution in [0.1, 0.15) is 6.92 Å². The van der Waals surface area contributed by atoms with Crippen molar-refractivity contribution in [3.8, 4) is 6.07 Å². The van der Waals surface area contributed by atoms with Crippen molar-refractivity contribution < 1.29 is 14.3 Å². The van der Waals surface area contributed by atoms with Crippen LogP contribution in [-0.2, 0) is 14.3 Å². The maximum atomic E-state index is 11.9. The van der Waals surface area contributed by atoms with Gasteiger partial charge in [0.2, 0.25) is 11.8 Å². The molecular weight excluding hydrogens is 236 g/mol. The minimum Gasteiger partial charge on any atom is -0.378 e. The Morgan fingerprint density at radius 1 is 1.44 bits per heavy atom. The quantitative estimate of drug-likeness (QED) is 0.580. The van der Waals surface area contributed by atoms with Crippen LogP contribution in [-0.4, -0.2) is 62.1 Å². The molecule has 1 rings (SSSR count). The monoisotopic (exact) mass is 254 g/mol. The average Bonchev–Trinajstić information content (AvgIpc) is 2.42. The van der Waals surface area contributed by atoms with E-state index >= 15 is 0 Å². The molecule has 1 aliphatic rings. The summed E-state index contributed by atoms with van der Waals surface area (Å²) < 4.78 is 5.16. The lowest BCUT2D eigenvalue weighted by Gasteiger charge is -2.29. The van der Waals surface area contributed by atoms with Gasteiger partial charge in [-0.1, -0.05) is 0 Å². The molecule has 1 heterocycles. The maximum Gasteiger partial charge on any atom is 0.239 e. The first-order valence-corrected chi connectivity index (χ1v) is 5.88. The van der Waals surface area contributed by atoms with Crippen LogP contribution in [0.2, 0.25) is 0 Å². The third-order valence-electron chi connectivity index (χ3n) is 2.63. The lowest BCUT2D eigenvalue weighted by molar-refractivity contribution is -0.137. The van der Waals surface area contributed by atoms with E-state index < -0.39 is 6.04 Å². The van der Waals surface area contributed by atoms with Crippen molar-refractivity contribution in [2.45, 2.75) is 13.0 Å². The summed E-state index contributed by atoms with van der Waals surface area (Å²) >= 11 is 0. The van der Waals surface area contributed by atoms with Crippen molar-refractivity contribution in [1.29, 1.82) is 5.26 Å². The summed E-state index contributed by atoms with van der Waals surface area (Å²) in [5.41, 5.74) is 0. The van der Waals surface area contributed by atoms with Crippen molar-refractivity contribution in [3.63, 3.8) is 0 Å². The predicted molar refractivity (Wildman–Crippen MR) is 63.5 cm³/mol. The third kappa shape index (κ3) is 4.69. The molecule has 1 saturated heterocycles. The molecule has 1 aliphatic heterocycles. The Balaban J connectivity index is 2.26. The Morgan fingerprint density at radius 2 is 2.11 bits per heavy atom. The highest BCUT2D eigenvalue weighted by atomic mass is 16.5. The lowest BCUT2D eigenvalue weighted by atomic mass is 10.2. The first-order chi connectivity index (χ1) is 8.65. The molecule has 0 saturated carbocycles.